The SMILES string of the molecule is CN(CC(=O)C1CC1)Cc1csc(Br)c1. The number of thiophene rings is 1. The molecular formula is C11H14BrNOS. The third-order valence-electron chi connectivity index (χ3n) is 2.53. The van der Waals surface area contributed by atoms with Crippen molar-refractivity contribution >= 4 is 33.0 Å². The number of hydrogen-bond donors (Lipinski definition) is 0. The summed E-state index contributed by atoms with van der Waals surface area (Å²) in [5.41, 5.74) is 1.28. The molecule has 2 rings (SSSR count). The van der Waals surface area contributed by atoms with Gasteiger partial charge in [0, 0.05) is 12.5 Å². The van der Waals surface area contributed by atoms with Gasteiger partial charge in [-0.15, -0.1) is 11.3 Å². The van der Waals surface area contributed by atoms with Crippen LogP contribution in [-0.4, -0.2) is 24.3 Å². The van der Waals surface area contributed by atoms with Crippen LogP contribution in [0.25, 0.3) is 0 Å². The number of Topliss-reactive ketones (excluding diaryl/α,β-unsaturated/α-hetero) is 1. The molecule has 0 aromatic carbocycles. The molecule has 1 fully saturated rings. The molecule has 1 aliphatic carbocycles. The van der Waals surface area contributed by atoms with Crippen molar-refractivity contribution in [3.63, 3.8) is 0 Å². The van der Waals surface area contributed by atoms with Gasteiger partial charge in [0.15, 0.2) is 0 Å². The molecule has 82 valence electrons. The topological polar surface area (TPSA) is 20.3 Å². The molecule has 0 saturated heterocycles. The average molecular weight is 288 g/mol. The number of carbonyl (C=O) groups is 1. The van der Waals surface area contributed by atoms with Crippen molar-refractivity contribution in [1.82, 2.24) is 4.90 Å². The van der Waals surface area contributed by atoms with E-state index >= 15 is 0 Å². The highest BCUT2D eigenvalue weighted by molar-refractivity contribution is 9.11. The van der Waals surface area contributed by atoms with E-state index in [1.807, 2.05) is 7.05 Å². The molecule has 0 bridgehead atoms. The summed E-state index contributed by atoms with van der Waals surface area (Å²) in [5, 5.41) is 2.13. The third kappa shape index (κ3) is 3.40. The lowest BCUT2D eigenvalue weighted by molar-refractivity contribution is -0.121. The monoisotopic (exact) mass is 287 g/mol. The Hall–Kier alpha value is -0.190. The van der Waals surface area contributed by atoms with Gasteiger partial charge in [-0.1, -0.05) is 0 Å². The van der Waals surface area contributed by atoms with E-state index in [1.165, 1.54) is 5.56 Å². The summed E-state index contributed by atoms with van der Waals surface area (Å²) in [6.07, 6.45) is 2.22. The molecule has 0 aliphatic heterocycles. The van der Waals surface area contributed by atoms with Crippen molar-refractivity contribution in [1.29, 1.82) is 0 Å². The number of rotatable bonds is 5. The van der Waals surface area contributed by atoms with Gasteiger partial charge in [0.1, 0.15) is 5.78 Å². The van der Waals surface area contributed by atoms with Crippen LogP contribution in [0.5, 0.6) is 0 Å². The molecular weight excluding hydrogens is 274 g/mol. The highest BCUT2D eigenvalue weighted by atomic mass is 79.9. The standard InChI is InChI=1S/C11H14BrNOS/c1-13(6-10(14)9-2-3-9)5-8-4-11(12)15-7-8/h4,7,9H,2-3,5-6H2,1H3. The van der Waals surface area contributed by atoms with Gasteiger partial charge in [0.05, 0.1) is 10.3 Å². The fourth-order valence-corrected chi connectivity index (χ4v) is 2.80. The third-order valence-corrected chi connectivity index (χ3v) is 4.09. The molecule has 1 saturated carbocycles. The fourth-order valence-electron chi connectivity index (χ4n) is 1.60. The summed E-state index contributed by atoms with van der Waals surface area (Å²) in [6.45, 7) is 1.46. The summed E-state index contributed by atoms with van der Waals surface area (Å²) in [6, 6.07) is 2.11. The van der Waals surface area contributed by atoms with E-state index in [-0.39, 0.29) is 0 Å². The molecule has 1 heterocycles. The Bertz CT molecular complexity index is 359. The van der Waals surface area contributed by atoms with Gasteiger partial charge < -0.3 is 0 Å². The quantitative estimate of drug-likeness (QED) is 0.830. The second-order valence-electron chi connectivity index (χ2n) is 4.17. The predicted octanol–water partition coefficient (Wildman–Crippen LogP) is 2.92. The summed E-state index contributed by atoms with van der Waals surface area (Å²) in [5.74, 6) is 0.786. The van der Waals surface area contributed by atoms with Crippen LogP contribution in [0.15, 0.2) is 15.2 Å². The maximum atomic E-state index is 11.6. The first-order valence-corrected chi connectivity index (χ1v) is 6.76. The van der Waals surface area contributed by atoms with E-state index < -0.39 is 0 Å². The van der Waals surface area contributed by atoms with Crippen LogP contribution >= 0.6 is 27.3 Å². The summed E-state index contributed by atoms with van der Waals surface area (Å²) in [4.78, 5) is 13.7. The lowest BCUT2D eigenvalue weighted by Crippen LogP contribution is -2.26. The Morgan fingerprint density at radius 2 is 2.40 bits per heavy atom. The zero-order valence-corrected chi connectivity index (χ0v) is 11.1. The number of likely N-dealkylation sites (N-methyl/N-ethyl adjacent to an activating group) is 1. The van der Waals surface area contributed by atoms with E-state index in [1.54, 1.807) is 11.3 Å². The second kappa shape index (κ2) is 4.76. The van der Waals surface area contributed by atoms with E-state index in [0.717, 1.165) is 23.2 Å². The van der Waals surface area contributed by atoms with Gasteiger partial charge in [-0.05, 0) is 52.8 Å². The van der Waals surface area contributed by atoms with E-state index in [9.17, 15) is 4.79 Å². The van der Waals surface area contributed by atoms with Crippen molar-refractivity contribution in [3.05, 3.63) is 20.8 Å². The summed E-state index contributed by atoms with van der Waals surface area (Å²) in [7, 11) is 2.01. The Kier molecular flexibility index (Phi) is 3.59. The summed E-state index contributed by atoms with van der Waals surface area (Å²) < 4.78 is 1.15. The van der Waals surface area contributed by atoms with Gasteiger partial charge in [0.25, 0.3) is 0 Å². The van der Waals surface area contributed by atoms with Gasteiger partial charge >= 0.3 is 0 Å². The molecule has 15 heavy (non-hydrogen) atoms. The molecule has 1 aromatic heterocycles. The molecule has 0 atom stereocenters. The maximum absolute atomic E-state index is 11.6. The van der Waals surface area contributed by atoms with Crippen molar-refractivity contribution in [2.75, 3.05) is 13.6 Å². The second-order valence-corrected chi connectivity index (χ2v) is 6.46. The predicted molar refractivity (Wildman–Crippen MR) is 66.1 cm³/mol. The first-order valence-electron chi connectivity index (χ1n) is 5.09. The van der Waals surface area contributed by atoms with Crippen LogP contribution in [0.1, 0.15) is 18.4 Å². The van der Waals surface area contributed by atoms with E-state index in [2.05, 4.69) is 32.3 Å². The molecule has 0 amide bonds. The molecule has 0 N–H and O–H groups in total. The van der Waals surface area contributed by atoms with Gasteiger partial charge in [-0.3, -0.25) is 9.69 Å². The average Bonchev–Trinajstić information content (AvgIpc) is 2.92. The minimum Gasteiger partial charge on any atom is -0.298 e. The minimum atomic E-state index is 0.377. The number of halogens is 1. The molecule has 0 spiro atoms. The number of nitrogens with zero attached hydrogens (tertiary/aromatic N) is 1. The highest BCUT2D eigenvalue weighted by Crippen LogP contribution is 2.30. The van der Waals surface area contributed by atoms with Crippen LogP contribution < -0.4 is 0 Å². The van der Waals surface area contributed by atoms with Gasteiger partial charge in [0.2, 0.25) is 0 Å². The zero-order valence-electron chi connectivity index (χ0n) is 8.70. The smallest absolute Gasteiger partial charge is 0.149 e. The fraction of sp³-hybridized carbons (Fsp3) is 0.545. The Morgan fingerprint density at radius 1 is 1.67 bits per heavy atom. The molecule has 4 heteroatoms. The van der Waals surface area contributed by atoms with Crippen molar-refractivity contribution < 1.29 is 4.79 Å². The zero-order chi connectivity index (χ0) is 10.8. The van der Waals surface area contributed by atoms with Crippen LogP contribution in [0.3, 0.4) is 0 Å². The lowest BCUT2D eigenvalue weighted by Gasteiger charge is -2.14. The van der Waals surface area contributed by atoms with Crippen LogP contribution in [-0.2, 0) is 11.3 Å². The van der Waals surface area contributed by atoms with Crippen LogP contribution in [0.4, 0.5) is 0 Å². The lowest BCUT2D eigenvalue weighted by atomic mass is 10.2. The van der Waals surface area contributed by atoms with E-state index in [4.69, 9.17) is 0 Å². The first kappa shape index (κ1) is 11.3. The molecule has 2 nitrogen and oxygen atoms in total. The number of carbonyl (C=O) groups excluding carboxylic acids is 1. The summed E-state index contributed by atoms with van der Waals surface area (Å²) >= 11 is 5.13. The molecule has 0 radical (unpaired) electrons. The molecule has 1 aromatic rings. The van der Waals surface area contributed by atoms with Crippen LogP contribution in [0.2, 0.25) is 0 Å². The maximum Gasteiger partial charge on any atom is 0.149 e. The van der Waals surface area contributed by atoms with Gasteiger partial charge in [-0.2, -0.15) is 0 Å². The molecule has 1 aliphatic rings. The van der Waals surface area contributed by atoms with Gasteiger partial charge in [-0.25, -0.2) is 0 Å². The Labute approximate surface area is 102 Å². The number of hydrogen-bond acceptors (Lipinski definition) is 3. The van der Waals surface area contributed by atoms with Crippen molar-refractivity contribution in [2.45, 2.75) is 19.4 Å². The first-order chi connectivity index (χ1) is 7.15. The highest BCUT2D eigenvalue weighted by Gasteiger charge is 2.29. The van der Waals surface area contributed by atoms with E-state index in [0.29, 0.717) is 18.2 Å². The largest absolute Gasteiger partial charge is 0.298 e. The number of ketones is 1. The Morgan fingerprint density at radius 3 is 2.93 bits per heavy atom. The van der Waals surface area contributed by atoms with Crippen molar-refractivity contribution in [3.8, 4) is 0 Å². The Balaban J connectivity index is 1.81. The minimum absolute atomic E-state index is 0.377. The van der Waals surface area contributed by atoms with Crippen LogP contribution in [0, 0.1) is 5.92 Å². The normalized spacial score (nSPS) is 15.9. The molecule has 0 unspecified atom stereocenters. The van der Waals surface area contributed by atoms with Crippen molar-refractivity contribution in [2.24, 2.45) is 5.92 Å².